The fourth-order valence-electron chi connectivity index (χ4n) is 10.1. The Morgan fingerprint density at radius 1 is 0.279 bits per heavy atom. The summed E-state index contributed by atoms with van der Waals surface area (Å²) in [5, 5.41) is 4.94. The molecule has 12 rings (SSSR count). The van der Waals surface area contributed by atoms with Crippen molar-refractivity contribution in [3.63, 3.8) is 0 Å². The third-order valence-corrected chi connectivity index (χ3v) is 13.6. The number of nitrogens with zero attached hydrogens (tertiary/aromatic N) is 4. The van der Waals surface area contributed by atoms with Crippen LogP contribution in [0.15, 0.2) is 231 Å². The highest BCUT2D eigenvalue weighted by Gasteiger charge is 2.20. The molecule has 0 N–H and O–H groups in total. The average molecular weight is 875 g/mol. The summed E-state index contributed by atoms with van der Waals surface area (Å²) in [4.78, 5) is 4.67. The second kappa shape index (κ2) is 16.7. The Hall–Kier alpha value is -8.60. The minimum Gasteiger partial charge on any atom is -0.311 e. The van der Waals surface area contributed by atoms with E-state index in [1.807, 2.05) is 0 Å². The van der Waals surface area contributed by atoms with E-state index >= 15 is 0 Å². The average Bonchev–Trinajstić information content (AvgIpc) is 3.90. The van der Waals surface area contributed by atoms with E-state index in [0.717, 1.165) is 45.5 Å². The third-order valence-electron chi connectivity index (χ3n) is 13.6. The second-order valence-electron chi connectivity index (χ2n) is 18.2. The fourth-order valence-corrected chi connectivity index (χ4v) is 10.1. The highest BCUT2D eigenvalue weighted by atomic mass is 15.1. The Morgan fingerprint density at radius 2 is 0.632 bits per heavy atom. The zero-order valence-corrected chi connectivity index (χ0v) is 38.7. The van der Waals surface area contributed by atoms with E-state index in [1.165, 1.54) is 77.0 Å². The summed E-state index contributed by atoms with van der Waals surface area (Å²) in [6, 6.07) is 84.6. The molecule has 0 unspecified atom stereocenters. The van der Waals surface area contributed by atoms with Crippen molar-refractivity contribution in [1.29, 1.82) is 0 Å². The molecule has 68 heavy (non-hydrogen) atoms. The molecule has 12 aromatic rings. The van der Waals surface area contributed by atoms with Crippen molar-refractivity contribution < 1.29 is 0 Å². The second-order valence-corrected chi connectivity index (χ2v) is 18.2. The van der Waals surface area contributed by atoms with Gasteiger partial charge in [0, 0.05) is 67.0 Å². The van der Waals surface area contributed by atoms with Crippen molar-refractivity contribution in [2.24, 2.45) is 0 Å². The number of para-hydroxylation sites is 2. The SMILES string of the molecule is Cc1ccc(N(c2ccc(C)cc2)c2ccc(-n3c4ccccc4c4ccc(-c5cccc6c5c5ccccc5n6-c5ccc(N(c6ccc(C)cc6)c6ccc(C)cc6)cc5)cc43)cc2)cc1. The van der Waals surface area contributed by atoms with E-state index in [-0.39, 0.29) is 0 Å². The van der Waals surface area contributed by atoms with Gasteiger partial charge in [-0.2, -0.15) is 0 Å². The molecule has 0 saturated heterocycles. The van der Waals surface area contributed by atoms with Gasteiger partial charge in [0.05, 0.1) is 22.1 Å². The lowest BCUT2D eigenvalue weighted by atomic mass is 9.98. The molecule has 2 heterocycles. The summed E-state index contributed by atoms with van der Waals surface area (Å²) in [6.07, 6.45) is 0. The van der Waals surface area contributed by atoms with Gasteiger partial charge in [-0.25, -0.2) is 0 Å². The fraction of sp³-hybridized carbons (Fsp3) is 0.0625. The zero-order chi connectivity index (χ0) is 45.9. The van der Waals surface area contributed by atoms with E-state index in [1.54, 1.807) is 0 Å². The van der Waals surface area contributed by atoms with Gasteiger partial charge in [-0.05, 0) is 160 Å². The lowest BCUT2D eigenvalue weighted by Gasteiger charge is -2.26. The van der Waals surface area contributed by atoms with Gasteiger partial charge in [0.15, 0.2) is 0 Å². The van der Waals surface area contributed by atoms with Gasteiger partial charge in [0.25, 0.3) is 0 Å². The van der Waals surface area contributed by atoms with Gasteiger partial charge < -0.3 is 18.9 Å². The highest BCUT2D eigenvalue weighted by molar-refractivity contribution is 6.17. The van der Waals surface area contributed by atoms with Crippen LogP contribution in [-0.4, -0.2) is 9.13 Å². The minimum atomic E-state index is 1.11. The van der Waals surface area contributed by atoms with E-state index in [4.69, 9.17) is 0 Å². The lowest BCUT2D eigenvalue weighted by molar-refractivity contribution is 1.17. The molecule has 0 fully saturated rings. The van der Waals surface area contributed by atoms with Crippen LogP contribution in [0.4, 0.5) is 34.1 Å². The normalized spacial score (nSPS) is 11.5. The number of benzene rings is 10. The number of fused-ring (bicyclic) bond motifs is 6. The summed E-state index contributed by atoms with van der Waals surface area (Å²) >= 11 is 0. The Balaban J connectivity index is 0.968. The van der Waals surface area contributed by atoms with Gasteiger partial charge in [-0.1, -0.05) is 131 Å². The van der Waals surface area contributed by atoms with Gasteiger partial charge in [0.2, 0.25) is 0 Å². The van der Waals surface area contributed by atoms with Crippen LogP contribution in [0, 0.1) is 27.7 Å². The van der Waals surface area contributed by atoms with Gasteiger partial charge in [0.1, 0.15) is 0 Å². The Kier molecular flexibility index (Phi) is 10.0. The van der Waals surface area contributed by atoms with Crippen LogP contribution in [-0.2, 0) is 0 Å². The van der Waals surface area contributed by atoms with E-state index < -0.39 is 0 Å². The van der Waals surface area contributed by atoms with Gasteiger partial charge in [-0.3, -0.25) is 0 Å². The Bertz CT molecular complexity index is 3690. The van der Waals surface area contributed by atoms with Crippen LogP contribution in [0.3, 0.4) is 0 Å². The molecule has 326 valence electrons. The van der Waals surface area contributed by atoms with Crippen LogP contribution in [0.1, 0.15) is 22.3 Å². The number of hydrogen-bond donors (Lipinski definition) is 0. The smallest absolute Gasteiger partial charge is 0.0547 e. The summed E-state index contributed by atoms with van der Waals surface area (Å²) in [5.41, 5.74) is 21.0. The molecule has 0 radical (unpaired) electrons. The van der Waals surface area contributed by atoms with Gasteiger partial charge in [-0.15, -0.1) is 0 Å². The first kappa shape index (κ1) is 40.9. The molecular formula is C64H50N4. The van der Waals surface area contributed by atoms with Crippen LogP contribution in [0.25, 0.3) is 66.1 Å². The maximum atomic E-state index is 2.43. The van der Waals surface area contributed by atoms with Gasteiger partial charge >= 0.3 is 0 Å². The molecule has 0 spiro atoms. The van der Waals surface area contributed by atoms with Crippen LogP contribution in [0.2, 0.25) is 0 Å². The van der Waals surface area contributed by atoms with E-state index in [0.29, 0.717) is 0 Å². The molecule has 2 aromatic heterocycles. The molecule has 0 aliphatic carbocycles. The monoisotopic (exact) mass is 874 g/mol. The molecule has 0 bridgehead atoms. The standard InChI is InChI=1S/C64H50N4/c1-43-16-25-48(26-17-43)65(49-27-18-44(2)19-28-49)52-33-37-54(38-34-52)67-61-14-8-6-11-59(61)64-56(12-9-15-62(64)67)47-24-41-58-57-10-5-7-13-60(57)68(63(58)42-47)55-39-35-53(36-40-55)66(50-29-20-45(3)21-30-50)51-31-22-46(4)23-32-51/h5-42H,1-4H3. The molecule has 10 aromatic carbocycles. The topological polar surface area (TPSA) is 16.3 Å². The number of rotatable bonds is 9. The third kappa shape index (κ3) is 7.10. The Morgan fingerprint density at radius 3 is 1.09 bits per heavy atom. The molecule has 0 atom stereocenters. The summed E-state index contributed by atoms with van der Waals surface area (Å²) in [5.74, 6) is 0. The first-order chi connectivity index (χ1) is 33.4. The Labute approximate surface area is 397 Å². The van der Waals surface area contributed by atoms with Crippen molar-refractivity contribution in [1.82, 2.24) is 9.13 Å². The van der Waals surface area contributed by atoms with E-state index in [2.05, 4.69) is 277 Å². The van der Waals surface area contributed by atoms with Crippen molar-refractivity contribution in [2.45, 2.75) is 27.7 Å². The molecule has 4 heteroatoms. The predicted octanol–water partition coefficient (Wildman–Crippen LogP) is 17.7. The number of hydrogen-bond acceptors (Lipinski definition) is 2. The molecule has 4 nitrogen and oxygen atoms in total. The van der Waals surface area contributed by atoms with Crippen LogP contribution < -0.4 is 9.80 Å². The molecule has 0 aliphatic heterocycles. The predicted molar refractivity (Wildman–Crippen MR) is 289 cm³/mol. The van der Waals surface area contributed by atoms with Crippen LogP contribution >= 0.6 is 0 Å². The molecule has 0 aliphatic rings. The molecule has 0 saturated carbocycles. The first-order valence-corrected chi connectivity index (χ1v) is 23.5. The maximum Gasteiger partial charge on any atom is 0.0547 e. The van der Waals surface area contributed by atoms with Crippen molar-refractivity contribution in [3.05, 3.63) is 253 Å². The largest absolute Gasteiger partial charge is 0.311 e. The summed E-state index contributed by atoms with van der Waals surface area (Å²) in [6.45, 7) is 8.55. The zero-order valence-electron chi connectivity index (χ0n) is 38.7. The van der Waals surface area contributed by atoms with Crippen LogP contribution in [0.5, 0.6) is 0 Å². The maximum absolute atomic E-state index is 2.43. The summed E-state index contributed by atoms with van der Waals surface area (Å²) < 4.78 is 4.86. The van der Waals surface area contributed by atoms with Crippen molar-refractivity contribution in [2.75, 3.05) is 9.80 Å². The summed E-state index contributed by atoms with van der Waals surface area (Å²) in [7, 11) is 0. The molecule has 0 amide bonds. The number of aromatic nitrogens is 2. The number of anilines is 6. The van der Waals surface area contributed by atoms with Crippen molar-refractivity contribution >= 4 is 77.7 Å². The van der Waals surface area contributed by atoms with Crippen molar-refractivity contribution in [3.8, 4) is 22.5 Å². The van der Waals surface area contributed by atoms with E-state index in [9.17, 15) is 0 Å². The molecular weight excluding hydrogens is 825 g/mol. The minimum absolute atomic E-state index is 1.11. The first-order valence-electron chi connectivity index (χ1n) is 23.5. The highest BCUT2D eigenvalue weighted by Crippen LogP contribution is 2.43. The lowest BCUT2D eigenvalue weighted by Crippen LogP contribution is -2.10. The quantitative estimate of drug-likeness (QED) is 0.144. The number of aryl methyl sites for hydroxylation is 4.